The summed E-state index contributed by atoms with van der Waals surface area (Å²) in [4.78, 5) is 22.4. The van der Waals surface area contributed by atoms with Crippen LogP contribution in [-0.4, -0.2) is 34.4 Å². The molecule has 1 aromatic carbocycles. The second kappa shape index (κ2) is 7.08. The smallest absolute Gasteiger partial charge is 0.315 e. The van der Waals surface area contributed by atoms with Crippen molar-refractivity contribution in [1.29, 1.82) is 0 Å². The number of carbonyl (C=O) groups excluding carboxylic acids is 1. The summed E-state index contributed by atoms with van der Waals surface area (Å²) in [6.07, 6.45) is -0.430. The molecule has 0 bridgehead atoms. The Morgan fingerprint density at radius 1 is 1.33 bits per heavy atom. The molecule has 1 aromatic rings. The zero-order valence-corrected chi connectivity index (χ0v) is 12.5. The number of hydrogen-bond acceptors (Lipinski definition) is 3. The highest BCUT2D eigenvalue weighted by Crippen LogP contribution is 2.16. The molecule has 0 radical (unpaired) electrons. The molecular formula is C15H22N2O4. The molecule has 6 heteroatoms. The first-order valence-electron chi connectivity index (χ1n) is 6.75. The van der Waals surface area contributed by atoms with E-state index in [2.05, 4.69) is 10.6 Å². The minimum absolute atomic E-state index is 0.133. The van der Waals surface area contributed by atoms with Gasteiger partial charge in [-0.1, -0.05) is 24.3 Å². The maximum absolute atomic E-state index is 11.8. The van der Waals surface area contributed by atoms with Crippen LogP contribution in [0.3, 0.4) is 0 Å². The van der Waals surface area contributed by atoms with Crippen LogP contribution >= 0.6 is 0 Å². The van der Waals surface area contributed by atoms with E-state index in [0.29, 0.717) is 0 Å². The Hall–Kier alpha value is -2.08. The minimum atomic E-state index is -1.48. The molecule has 6 nitrogen and oxygen atoms in total. The molecular weight excluding hydrogens is 272 g/mol. The van der Waals surface area contributed by atoms with Crippen molar-refractivity contribution in [1.82, 2.24) is 10.6 Å². The molecule has 0 aromatic heterocycles. The van der Waals surface area contributed by atoms with Crippen molar-refractivity contribution in [3.63, 3.8) is 0 Å². The van der Waals surface area contributed by atoms with E-state index in [0.717, 1.165) is 11.1 Å². The molecule has 0 aliphatic carbocycles. The van der Waals surface area contributed by atoms with Crippen LogP contribution in [-0.2, 0) is 4.79 Å². The predicted octanol–water partition coefficient (Wildman–Crippen LogP) is 1.58. The third kappa shape index (κ3) is 5.83. The molecule has 0 aliphatic rings. The van der Waals surface area contributed by atoms with Gasteiger partial charge >= 0.3 is 12.0 Å². The number of carboxylic acids is 1. The molecule has 2 atom stereocenters. The summed E-state index contributed by atoms with van der Waals surface area (Å²) in [5.74, 6) is -1.12. The molecule has 21 heavy (non-hydrogen) atoms. The van der Waals surface area contributed by atoms with Gasteiger partial charge in [-0.15, -0.1) is 0 Å². The lowest BCUT2D eigenvalue weighted by atomic mass is 10.0. The number of aliphatic carboxylic acids is 1. The summed E-state index contributed by atoms with van der Waals surface area (Å²) < 4.78 is 0. The highest BCUT2D eigenvalue weighted by molar-refractivity contribution is 5.75. The number of aliphatic hydroxyl groups is 1. The molecule has 0 saturated carbocycles. The maximum Gasteiger partial charge on any atom is 0.315 e. The van der Waals surface area contributed by atoms with Gasteiger partial charge in [-0.05, 0) is 31.9 Å². The fourth-order valence-electron chi connectivity index (χ4n) is 2.06. The lowest BCUT2D eigenvalue weighted by molar-refractivity contribution is -0.141. The second-order valence-electron chi connectivity index (χ2n) is 5.47. The number of hydrogen-bond donors (Lipinski definition) is 4. The molecule has 0 spiro atoms. The first kappa shape index (κ1) is 17.0. The van der Waals surface area contributed by atoms with Crippen molar-refractivity contribution in [2.45, 2.75) is 38.8 Å². The fourth-order valence-corrected chi connectivity index (χ4v) is 2.06. The van der Waals surface area contributed by atoms with Gasteiger partial charge in [-0.2, -0.15) is 0 Å². The van der Waals surface area contributed by atoms with Gasteiger partial charge in [0.15, 0.2) is 0 Å². The minimum Gasteiger partial charge on any atom is -0.481 e. The number of carbonyl (C=O) groups is 2. The van der Waals surface area contributed by atoms with E-state index in [1.807, 2.05) is 38.1 Å². The first-order chi connectivity index (χ1) is 9.71. The van der Waals surface area contributed by atoms with Crippen molar-refractivity contribution < 1.29 is 19.8 Å². The monoisotopic (exact) mass is 294 g/mol. The van der Waals surface area contributed by atoms with Crippen LogP contribution in [0.25, 0.3) is 0 Å². The largest absolute Gasteiger partial charge is 0.481 e. The average molecular weight is 294 g/mol. The van der Waals surface area contributed by atoms with Gasteiger partial charge in [-0.25, -0.2) is 4.79 Å². The first-order valence-corrected chi connectivity index (χ1v) is 6.75. The Bertz CT molecular complexity index is 514. The number of nitrogens with one attached hydrogen (secondary N) is 2. The molecule has 1 rings (SSSR count). The Labute approximate surface area is 124 Å². The van der Waals surface area contributed by atoms with Crippen LogP contribution < -0.4 is 10.6 Å². The van der Waals surface area contributed by atoms with Gasteiger partial charge in [0, 0.05) is 6.54 Å². The molecule has 2 amide bonds. The normalized spacial score (nSPS) is 14.9. The highest BCUT2D eigenvalue weighted by Gasteiger charge is 2.25. The average Bonchev–Trinajstić information content (AvgIpc) is 2.35. The zero-order chi connectivity index (χ0) is 16.0. The quantitative estimate of drug-likeness (QED) is 0.640. The predicted molar refractivity (Wildman–Crippen MR) is 79.0 cm³/mol. The SMILES string of the molecule is Cc1ccccc1C(C)NC(=O)NCC(C)(O)CC(=O)O. The maximum atomic E-state index is 11.8. The van der Waals surface area contributed by atoms with Crippen LogP contribution in [0.15, 0.2) is 24.3 Å². The Balaban J connectivity index is 2.51. The van der Waals surface area contributed by atoms with Crippen molar-refractivity contribution in [2.24, 2.45) is 0 Å². The van der Waals surface area contributed by atoms with Crippen LogP contribution in [0.4, 0.5) is 4.79 Å². The summed E-state index contributed by atoms with van der Waals surface area (Å²) >= 11 is 0. The second-order valence-corrected chi connectivity index (χ2v) is 5.47. The molecule has 0 aliphatic heterocycles. The number of aryl methyl sites for hydroxylation is 1. The number of rotatable bonds is 6. The van der Waals surface area contributed by atoms with Crippen LogP contribution in [0.2, 0.25) is 0 Å². The van der Waals surface area contributed by atoms with Gasteiger partial charge in [0.1, 0.15) is 0 Å². The molecule has 116 valence electrons. The highest BCUT2D eigenvalue weighted by atomic mass is 16.4. The summed E-state index contributed by atoms with van der Waals surface area (Å²) in [5.41, 5.74) is 0.600. The third-order valence-electron chi connectivity index (χ3n) is 3.16. The molecule has 0 heterocycles. The summed E-state index contributed by atoms with van der Waals surface area (Å²) in [5, 5.41) is 23.7. The van der Waals surface area contributed by atoms with Crippen LogP contribution in [0.5, 0.6) is 0 Å². The van der Waals surface area contributed by atoms with E-state index in [9.17, 15) is 14.7 Å². The molecule has 0 saturated heterocycles. The summed E-state index contributed by atoms with van der Waals surface area (Å²) in [6, 6.07) is 7.08. The Kier molecular flexibility index (Phi) is 5.72. The van der Waals surface area contributed by atoms with E-state index in [-0.39, 0.29) is 12.6 Å². The molecule has 2 unspecified atom stereocenters. The number of carboxylic acid groups (broad SMARTS) is 1. The summed E-state index contributed by atoms with van der Waals surface area (Å²) in [6.45, 7) is 5.05. The summed E-state index contributed by atoms with van der Waals surface area (Å²) in [7, 11) is 0. The van der Waals surface area contributed by atoms with E-state index >= 15 is 0 Å². The van der Waals surface area contributed by atoms with Gasteiger partial charge in [-0.3, -0.25) is 4.79 Å². The van der Waals surface area contributed by atoms with Crippen molar-refractivity contribution in [3.8, 4) is 0 Å². The number of urea groups is 1. The molecule has 4 N–H and O–H groups in total. The van der Waals surface area contributed by atoms with Gasteiger partial charge in [0.25, 0.3) is 0 Å². The fraction of sp³-hybridized carbons (Fsp3) is 0.467. The van der Waals surface area contributed by atoms with Gasteiger partial charge in [0.05, 0.1) is 18.1 Å². The van der Waals surface area contributed by atoms with E-state index in [4.69, 9.17) is 5.11 Å². The lowest BCUT2D eigenvalue weighted by Crippen LogP contribution is -2.46. The third-order valence-corrected chi connectivity index (χ3v) is 3.16. The van der Waals surface area contributed by atoms with Gasteiger partial charge < -0.3 is 20.8 Å². The van der Waals surface area contributed by atoms with Crippen molar-refractivity contribution >= 4 is 12.0 Å². The van der Waals surface area contributed by atoms with Crippen LogP contribution in [0, 0.1) is 6.92 Å². The lowest BCUT2D eigenvalue weighted by Gasteiger charge is -2.23. The van der Waals surface area contributed by atoms with E-state index < -0.39 is 24.0 Å². The van der Waals surface area contributed by atoms with Crippen molar-refractivity contribution in [2.75, 3.05) is 6.54 Å². The van der Waals surface area contributed by atoms with Gasteiger partial charge in [0.2, 0.25) is 0 Å². The Morgan fingerprint density at radius 2 is 1.95 bits per heavy atom. The topological polar surface area (TPSA) is 98.7 Å². The standard InChI is InChI=1S/C15H22N2O4/c1-10-6-4-5-7-12(10)11(2)17-14(20)16-9-15(3,21)8-13(18)19/h4-7,11,21H,8-9H2,1-3H3,(H,18,19)(H2,16,17,20). The zero-order valence-electron chi connectivity index (χ0n) is 12.5. The van der Waals surface area contributed by atoms with Crippen molar-refractivity contribution in [3.05, 3.63) is 35.4 Å². The Morgan fingerprint density at radius 3 is 2.52 bits per heavy atom. The number of amides is 2. The van der Waals surface area contributed by atoms with E-state index in [1.165, 1.54) is 6.92 Å². The molecule has 0 fully saturated rings. The van der Waals surface area contributed by atoms with E-state index in [1.54, 1.807) is 0 Å². The number of benzene rings is 1. The van der Waals surface area contributed by atoms with Crippen LogP contribution in [0.1, 0.15) is 37.4 Å².